The van der Waals surface area contributed by atoms with Gasteiger partial charge in [-0.3, -0.25) is 0 Å². The Balaban J connectivity index is 1.85. The number of halogens is 1. The van der Waals surface area contributed by atoms with Gasteiger partial charge in [0.2, 0.25) is 5.95 Å². The highest BCUT2D eigenvalue weighted by atomic mass is 19.1. The molecule has 4 rings (SSSR count). The fourth-order valence-electron chi connectivity index (χ4n) is 2.71. The molecule has 1 aliphatic heterocycles. The van der Waals surface area contributed by atoms with Gasteiger partial charge >= 0.3 is 0 Å². The zero-order valence-corrected chi connectivity index (χ0v) is 11.1. The fourth-order valence-corrected chi connectivity index (χ4v) is 2.71. The predicted octanol–water partition coefficient (Wildman–Crippen LogP) is 1.37. The molecule has 0 amide bonds. The van der Waals surface area contributed by atoms with Crippen molar-refractivity contribution in [2.45, 2.75) is 12.8 Å². The average Bonchev–Trinajstić information content (AvgIpc) is 3.09. The zero-order chi connectivity index (χ0) is 14.4. The summed E-state index contributed by atoms with van der Waals surface area (Å²) in [7, 11) is 0. The van der Waals surface area contributed by atoms with Crippen LogP contribution in [-0.4, -0.2) is 26.2 Å². The molecule has 0 spiro atoms. The second-order valence-corrected chi connectivity index (χ2v) is 4.89. The van der Waals surface area contributed by atoms with Crippen LogP contribution in [0.4, 0.5) is 10.3 Å². The van der Waals surface area contributed by atoms with Gasteiger partial charge in [-0.05, 0) is 12.1 Å². The number of anilines is 1. The van der Waals surface area contributed by atoms with Crippen LogP contribution >= 0.6 is 0 Å². The van der Waals surface area contributed by atoms with E-state index >= 15 is 0 Å². The van der Waals surface area contributed by atoms with Gasteiger partial charge in [0.1, 0.15) is 17.4 Å². The minimum atomic E-state index is -0.265. The minimum absolute atomic E-state index is 0.265. The van der Waals surface area contributed by atoms with Crippen LogP contribution in [-0.2, 0) is 12.8 Å². The van der Waals surface area contributed by atoms with Crippen molar-refractivity contribution >= 4 is 11.6 Å². The normalized spacial score (nSPS) is 13.4. The first kappa shape index (κ1) is 12.1. The van der Waals surface area contributed by atoms with E-state index in [1.165, 1.54) is 6.07 Å². The van der Waals surface area contributed by atoms with Crippen molar-refractivity contribution in [3.8, 4) is 5.75 Å². The maximum Gasteiger partial charge on any atom is 0.207 e. The summed E-state index contributed by atoms with van der Waals surface area (Å²) in [6.45, 7) is 0.579. The molecule has 0 saturated carbocycles. The first-order chi connectivity index (χ1) is 10.2. The summed E-state index contributed by atoms with van der Waals surface area (Å²) >= 11 is 0. The van der Waals surface area contributed by atoms with Gasteiger partial charge in [0, 0.05) is 36.2 Å². The van der Waals surface area contributed by atoms with E-state index in [-0.39, 0.29) is 11.8 Å². The van der Waals surface area contributed by atoms with Crippen LogP contribution in [0, 0.1) is 5.82 Å². The first-order valence-electron chi connectivity index (χ1n) is 6.61. The van der Waals surface area contributed by atoms with Gasteiger partial charge in [-0.1, -0.05) is 0 Å². The summed E-state index contributed by atoms with van der Waals surface area (Å²) < 4.78 is 21.3. The van der Waals surface area contributed by atoms with Crippen molar-refractivity contribution in [1.29, 1.82) is 0 Å². The molecule has 0 fully saturated rings. The van der Waals surface area contributed by atoms with Crippen LogP contribution < -0.4 is 10.5 Å². The Morgan fingerprint density at radius 2 is 2.19 bits per heavy atom. The molecule has 1 aromatic carbocycles. The number of fused-ring (bicyclic) bond motifs is 2. The van der Waals surface area contributed by atoms with Crippen molar-refractivity contribution < 1.29 is 9.13 Å². The molecule has 0 saturated heterocycles. The van der Waals surface area contributed by atoms with E-state index in [0.29, 0.717) is 36.5 Å². The molecule has 3 heterocycles. The number of nitrogens with two attached hydrogens (primary N) is 1. The quantitative estimate of drug-likeness (QED) is 0.769. The molecule has 0 unspecified atom stereocenters. The fraction of sp³-hybridized carbons (Fsp3) is 0.214. The molecule has 0 bridgehead atoms. The van der Waals surface area contributed by atoms with Crippen LogP contribution in [0.1, 0.15) is 17.0 Å². The maximum absolute atomic E-state index is 14.2. The highest BCUT2D eigenvalue weighted by molar-refractivity contribution is 5.47. The predicted molar refractivity (Wildman–Crippen MR) is 73.6 cm³/mol. The van der Waals surface area contributed by atoms with Crippen molar-refractivity contribution in [3.05, 3.63) is 47.2 Å². The summed E-state index contributed by atoms with van der Waals surface area (Å²) in [5, 5.41) is 8.14. The van der Waals surface area contributed by atoms with Gasteiger partial charge in [0.05, 0.1) is 6.61 Å². The number of ether oxygens (including phenoxy) is 1. The van der Waals surface area contributed by atoms with Gasteiger partial charge in [0.25, 0.3) is 0 Å². The van der Waals surface area contributed by atoms with E-state index in [9.17, 15) is 4.39 Å². The molecule has 0 aliphatic carbocycles. The second-order valence-electron chi connectivity index (χ2n) is 4.89. The summed E-state index contributed by atoms with van der Waals surface area (Å²) in [5.74, 6) is 1.33. The number of hydrogen-bond acceptors (Lipinski definition) is 5. The highest BCUT2D eigenvalue weighted by Crippen LogP contribution is 2.31. The first-order valence-corrected chi connectivity index (χ1v) is 6.61. The van der Waals surface area contributed by atoms with Crippen LogP contribution in [0.25, 0.3) is 5.65 Å². The minimum Gasteiger partial charge on any atom is -0.493 e. The molecule has 7 heteroatoms. The number of hydrogen-bond donors (Lipinski definition) is 1. The summed E-state index contributed by atoms with van der Waals surface area (Å²) in [6, 6.07) is 4.80. The van der Waals surface area contributed by atoms with Gasteiger partial charge in [-0.25, -0.2) is 13.8 Å². The molecule has 0 atom stereocenters. The molecule has 106 valence electrons. The molecule has 2 aromatic heterocycles. The third-order valence-electron chi connectivity index (χ3n) is 3.69. The van der Waals surface area contributed by atoms with E-state index in [1.807, 2.05) is 0 Å². The Kier molecular flexibility index (Phi) is 2.53. The lowest BCUT2D eigenvalue weighted by atomic mass is 10.0. The Hall–Kier alpha value is -2.70. The van der Waals surface area contributed by atoms with E-state index in [4.69, 9.17) is 10.5 Å². The number of benzene rings is 1. The van der Waals surface area contributed by atoms with E-state index in [0.717, 1.165) is 11.3 Å². The monoisotopic (exact) mass is 285 g/mol. The van der Waals surface area contributed by atoms with E-state index in [2.05, 4.69) is 15.2 Å². The Bertz CT molecular complexity index is 845. The summed E-state index contributed by atoms with van der Waals surface area (Å²) in [6.07, 6.45) is 2.57. The highest BCUT2D eigenvalue weighted by Gasteiger charge is 2.21. The number of nitrogen functional groups attached to an aromatic ring is 1. The topological polar surface area (TPSA) is 78.3 Å². The standard InChI is InChI=1S/C14H12FN5O/c15-10-1-2-11-8(4-6-21-11)9(10)7-13-19-18-12-3-5-17-14(16)20(12)13/h1-3,5H,4,6-7H2,(H2,16,17). The molecule has 6 nitrogen and oxygen atoms in total. The summed E-state index contributed by atoms with van der Waals surface area (Å²) in [5.41, 5.74) is 7.94. The second kappa shape index (κ2) is 4.41. The summed E-state index contributed by atoms with van der Waals surface area (Å²) in [4.78, 5) is 4.02. The van der Waals surface area contributed by atoms with Crippen LogP contribution in [0.15, 0.2) is 24.4 Å². The largest absolute Gasteiger partial charge is 0.493 e. The maximum atomic E-state index is 14.2. The van der Waals surface area contributed by atoms with E-state index < -0.39 is 0 Å². The average molecular weight is 285 g/mol. The van der Waals surface area contributed by atoms with Crippen LogP contribution in [0.2, 0.25) is 0 Å². The number of aromatic nitrogens is 4. The van der Waals surface area contributed by atoms with Gasteiger partial charge in [-0.2, -0.15) is 0 Å². The molecular formula is C14H12FN5O. The van der Waals surface area contributed by atoms with Gasteiger partial charge in [-0.15, -0.1) is 10.2 Å². The van der Waals surface area contributed by atoms with Crippen molar-refractivity contribution in [1.82, 2.24) is 19.6 Å². The Labute approximate surface area is 119 Å². The van der Waals surface area contributed by atoms with Crippen molar-refractivity contribution in [2.24, 2.45) is 0 Å². The Morgan fingerprint density at radius 3 is 3.10 bits per heavy atom. The molecule has 1 aliphatic rings. The Morgan fingerprint density at radius 1 is 1.29 bits per heavy atom. The molecule has 3 aromatic rings. The SMILES string of the molecule is Nc1nccc2nnc(Cc3c(F)ccc4c3CCO4)n12. The molecule has 21 heavy (non-hydrogen) atoms. The molecule has 2 N–H and O–H groups in total. The lowest BCUT2D eigenvalue weighted by Crippen LogP contribution is -2.06. The third-order valence-corrected chi connectivity index (χ3v) is 3.69. The zero-order valence-electron chi connectivity index (χ0n) is 11.1. The smallest absolute Gasteiger partial charge is 0.207 e. The van der Waals surface area contributed by atoms with Gasteiger partial charge < -0.3 is 10.5 Å². The lowest BCUT2D eigenvalue weighted by molar-refractivity contribution is 0.356. The molecule has 0 radical (unpaired) electrons. The van der Waals surface area contributed by atoms with Crippen LogP contribution in [0.3, 0.4) is 0 Å². The number of nitrogens with zero attached hydrogens (tertiary/aromatic N) is 4. The third kappa shape index (κ3) is 1.81. The number of rotatable bonds is 2. The molecular weight excluding hydrogens is 273 g/mol. The van der Waals surface area contributed by atoms with Crippen molar-refractivity contribution in [3.63, 3.8) is 0 Å². The van der Waals surface area contributed by atoms with E-state index in [1.54, 1.807) is 22.7 Å². The lowest BCUT2D eigenvalue weighted by Gasteiger charge is -2.08. The van der Waals surface area contributed by atoms with Gasteiger partial charge in [0.15, 0.2) is 5.65 Å². The van der Waals surface area contributed by atoms with Crippen LogP contribution in [0.5, 0.6) is 5.75 Å². The van der Waals surface area contributed by atoms with Crippen molar-refractivity contribution in [2.75, 3.05) is 12.3 Å².